The first-order valence-electron chi connectivity index (χ1n) is 2.94. The van der Waals surface area contributed by atoms with Gasteiger partial charge in [0, 0.05) is 11.8 Å². The summed E-state index contributed by atoms with van der Waals surface area (Å²) in [5, 5.41) is 13.8. The third-order valence-electron chi connectivity index (χ3n) is 1.15. The Morgan fingerprint density at radius 1 is 1.91 bits per heavy atom. The van der Waals surface area contributed by atoms with E-state index in [-0.39, 0.29) is 6.42 Å². The van der Waals surface area contributed by atoms with Gasteiger partial charge < -0.3 is 10.8 Å². The van der Waals surface area contributed by atoms with Crippen molar-refractivity contribution >= 4 is 17.5 Å². The van der Waals surface area contributed by atoms with Crippen LogP contribution in [0.2, 0.25) is 0 Å². The molecule has 3 N–H and O–H groups in total. The first-order chi connectivity index (χ1) is 5.20. The monoisotopic (exact) mass is 173 g/mol. The third kappa shape index (κ3) is 2.24. The fourth-order valence-corrected chi connectivity index (χ4v) is 1.05. The van der Waals surface area contributed by atoms with Gasteiger partial charge in [0.25, 0.3) is 0 Å². The normalized spacial score (nSPS) is 12.8. The SMILES string of the molecule is NC(Cc1csnn1)C(=O)O. The molecule has 0 spiro atoms. The Morgan fingerprint density at radius 3 is 3.09 bits per heavy atom. The summed E-state index contributed by atoms with van der Waals surface area (Å²) in [6, 6.07) is -0.876. The molecule has 0 fully saturated rings. The van der Waals surface area contributed by atoms with E-state index in [4.69, 9.17) is 10.8 Å². The van der Waals surface area contributed by atoms with Crippen molar-refractivity contribution in [1.29, 1.82) is 0 Å². The van der Waals surface area contributed by atoms with E-state index in [1.165, 1.54) is 11.5 Å². The number of hydrogen-bond donors (Lipinski definition) is 2. The zero-order chi connectivity index (χ0) is 8.27. The standard InChI is InChI=1S/C5H7N3O2S/c6-4(5(9)10)1-3-2-11-8-7-3/h2,4H,1,6H2,(H,9,10). The Labute approximate surface area is 67.0 Å². The highest BCUT2D eigenvalue weighted by molar-refractivity contribution is 7.03. The maximum atomic E-state index is 10.3. The molecule has 0 saturated carbocycles. The third-order valence-corrected chi connectivity index (χ3v) is 1.70. The van der Waals surface area contributed by atoms with Crippen molar-refractivity contribution in [2.75, 3.05) is 0 Å². The van der Waals surface area contributed by atoms with Crippen LogP contribution in [0.1, 0.15) is 5.69 Å². The molecule has 0 aromatic carbocycles. The number of rotatable bonds is 3. The summed E-state index contributed by atoms with van der Waals surface area (Å²) < 4.78 is 3.58. The molecular weight excluding hydrogens is 166 g/mol. The van der Waals surface area contributed by atoms with E-state index in [0.717, 1.165) is 0 Å². The molecule has 0 aliphatic carbocycles. The molecule has 5 nitrogen and oxygen atoms in total. The molecule has 0 radical (unpaired) electrons. The second-order valence-corrected chi connectivity index (χ2v) is 2.65. The van der Waals surface area contributed by atoms with Crippen LogP contribution in [0.15, 0.2) is 5.38 Å². The number of aromatic nitrogens is 2. The Morgan fingerprint density at radius 2 is 2.64 bits per heavy atom. The minimum Gasteiger partial charge on any atom is -0.480 e. The molecular formula is C5H7N3O2S. The van der Waals surface area contributed by atoms with Crippen LogP contribution in [0, 0.1) is 0 Å². The van der Waals surface area contributed by atoms with Crippen molar-refractivity contribution in [2.45, 2.75) is 12.5 Å². The maximum absolute atomic E-state index is 10.3. The Kier molecular flexibility index (Phi) is 2.50. The largest absolute Gasteiger partial charge is 0.480 e. The predicted molar refractivity (Wildman–Crippen MR) is 39.2 cm³/mol. The Bertz CT molecular complexity index is 236. The Balaban J connectivity index is 2.50. The lowest BCUT2D eigenvalue weighted by atomic mass is 10.2. The van der Waals surface area contributed by atoms with Crippen molar-refractivity contribution in [1.82, 2.24) is 9.59 Å². The van der Waals surface area contributed by atoms with E-state index in [1.807, 2.05) is 0 Å². The minimum absolute atomic E-state index is 0.242. The van der Waals surface area contributed by atoms with Crippen molar-refractivity contribution in [3.8, 4) is 0 Å². The molecule has 0 amide bonds. The number of carbonyl (C=O) groups is 1. The smallest absolute Gasteiger partial charge is 0.320 e. The molecule has 6 heteroatoms. The fourth-order valence-electron chi connectivity index (χ4n) is 0.586. The molecule has 0 bridgehead atoms. The average Bonchev–Trinajstić information content (AvgIpc) is 2.39. The summed E-state index contributed by atoms with van der Waals surface area (Å²) in [7, 11) is 0. The van der Waals surface area contributed by atoms with Gasteiger partial charge in [0.15, 0.2) is 0 Å². The molecule has 0 aliphatic heterocycles. The number of nitrogens with two attached hydrogens (primary N) is 1. The van der Waals surface area contributed by atoms with Gasteiger partial charge >= 0.3 is 5.97 Å². The molecule has 1 rings (SSSR count). The van der Waals surface area contributed by atoms with Gasteiger partial charge in [-0.3, -0.25) is 4.79 Å². The van der Waals surface area contributed by atoms with E-state index in [2.05, 4.69) is 9.59 Å². The van der Waals surface area contributed by atoms with E-state index >= 15 is 0 Å². The lowest BCUT2D eigenvalue weighted by molar-refractivity contribution is -0.138. The number of carboxylic acid groups (broad SMARTS) is 1. The molecule has 1 unspecified atom stereocenters. The number of aliphatic carboxylic acids is 1. The quantitative estimate of drug-likeness (QED) is 0.642. The van der Waals surface area contributed by atoms with Gasteiger partial charge in [0.1, 0.15) is 6.04 Å². The van der Waals surface area contributed by atoms with Crippen LogP contribution in [0.3, 0.4) is 0 Å². The van der Waals surface area contributed by atoms with Crippen molar-refractivity contribution in [2.24, 2.45) is 5.73 Å². The highest BCUT2D eigenvalue weighted by Gasteiger charge is 2.12. The van der Waals surface area contributed by atoms with Crippen LogP contribution in [-0.4, -0.2) is 26.7 Å². The van der Waals surface area contributed by atoms with Gasteiger partial charge in [0.2, 0.25) is 0 Å². The van der Waals surface area contributed by atoms with E-state index in [0.29, 0.717) is 5.69 Å². The molecule has 0 saturated heterocycles. The zero-order valence-electron chi connectivity index (χ0n) is 5.60. The second kappa shape index (κ2) is 3.40. The molecule has 1 heterocycles. The molecule has 1 atom stereocenters. The lowest BCUT2D eigenvalue weighted by Crippen LogP contribution is -2.32. The van der Waals surface area contributed by atoms with Gasteiger partial charge in [-0.15, -0.1) is 5.10 Å². The van der Waals surface area contributed by atoms with Crippen LogP contribution in [0.4, 0.5) is 0 Å². The zero-order valence-corrected chi connectivity index (χ0v) is 6.41. The summed E-state index contributed by atoms with van der Waals surface area (Å²) in [4.78, 5) is 10.3. The highest BCUT2D eigenvalue weighted by Crippen LogP contribution is 1.99. The molecule has 1 aromatic rings. The summed E-state index contributed by atoms with van der Waals surface area (Å²) in [5.74, 6) is -1.02. The van der Waals surface area contributed by atoms with Gasteiger partial charge in [-0.1, -0.05) is 4.49 Å². The molecule has 11 heavy (non-hydrogen) atoms. The predicted octanol–water partition coefficient (Wildman–Crippen LogP) is -0.508. The lowest BCUT2D eigenvalue weighted by Gasteiger charge is -2.00. The van der Waals surface area contributed by atoms with Crippen LogP contribution < -0.4 is 5.73 Å². The van der Waals surface area contributed by atoms with Gasteiger partial charge in [-0.2, -0.15) is 0 Å². The summed E-state index contributed by atoms with van der Waals surface area (Å²) in [6.45, 7) is 0. The van der Waals surface area contributed by atoms with Crippen LogP contribution >= 0.6 is 11.5 Å². The van der Waals surface area contributed by atoms with E-state index in [1.54, 1.807) is 5.38 Å². The number of carboxylic acids is 1. The minimum atomic E-state index is -1.02. The highest BCUT2D eigenvalue weighted by atomic mass is 32.1. The maximum Gasteiger partial charge on any atom is 0.320 e. The molecule has 60 valence electrons. The van der Waals surface area contributed by atoms with Crippen molar-refractivity contribution < 1.29 is 9.90 Å². The summed E-state index contributed by atoms with van der Waals surface area (Å²) in [6.07, 6.45) is 0.242. The summed E-state index contributed by atoms with van der Waals surface area (Å²) >= 11 is 1.18. The van der Waals surface area contributed by atoms with Gasteiger partial charge in [-0.25, -0.2) is 0 Å². The van der Waals surface area contributed by atoms with Crippen LogP contribution in [0.5, 0.6) is 0 Å². The van der Waals surface area contributed by atoms with Crippen molar-refractivity contribution in [3.05, 3.63) is 11.1 Å². The summed E-state index contributed by atoms with van der Waals surface area (Å²) in [5.41, 5.74) is 5.87. The Hall–Kier alpha value is -1.01. The van der Waals surface area contributed by atoms with Crippen molar-refractivity contribution in [3.63, 3.8) is 0 Å². The first kappa shape index (κ1) is 8.09. The first-order valence-corrected chi connectivity index (χ1v) is 3.78. The number of nitrogens with zero attached hydrogens (tertiary/aromatic N) is 2. The topological polar surface area (TPSA) is 89.1 Å². The van der Waals surface area contributed by atoms with Gasteiger partial charge in [-0.05, 0) is 11.5 Å². The fraction of sp³-hybridized carbons (Fsp3) is 0.400. The number of hydrogen-bond acceptors (Lipinski definition) is 5. The van der Waals surface area contributed by atoms with Crippen LogP contribution in [-0.2, 0) is 11.2 Å². The van der Waals surface area contributed by atoms with Crippen LogP contribution in [0.25, 0.3) is 0 Å². The average molecular weight is 173 g/mol. The van der Waals surface area contributed by atoms with Gasteiger partial charge in [0.05, 0.1) is 5.69 Å². The van der Waals surface area contributed by atoms with E-state index in [9.17, 15) is 4.79 Å². The molecule has 0 aliphatic rings. The second-order valence-electron chi connectivity index (χ2n) is 2.05. The van der Waals surface area contributed by atoms with E-state index < -0.39 is 12.0 Å². The molecule has 1 aromatic heterocycles.